The number of carbonyl (C=O) groups is 1. The Kier molecular flexibility index (Phi) is 6.36. The summed E-state index contributed by atoms with van der Waals surface area (Å²) in [6, 6.07) is 16.3. The molecular formula is C23H24N4O5S. The number of sulfonamides is 1. The number of pyridine rings is 1. The molecule has 1 aromatic heterocycles. The number of carboxylic acids is 1. The van der Waals surface area contributed by atoms with Gasteiger partial charge in [-0.1, -0.05) is 6.07 Å². The van der Waals surface area contributed by atoms with Crippen LogP contribution in [-0.2, 0) is 10.0 Å². The zero-order chi connectivity index (χ0) is 23.4. The molecule has 4 rings (SSSR count). The largest absolute Gasteiger partial charge is 0.497 e. The Morgan fingerprint density at radius 3 is 2.30 bits per heavy atom. The summed E-state index contributed by atoms with van der Waals surface area (Å²) in [6.45, 7) is 2.63. The number of benzene rings is 2. The van der Waals surface area contributed by atoms with Crippen molar-refractivity contribution in [1.82, 2.24) is 4.98 Å². The number of aromatic nitrogens is 1. The fourth-order valence-corrected chi connectivity index (χ4v) is 4.78. The Morgan fingerprint density at radius 2 is 1.70 bits per heavy atom. The molecule has 2 aromatic carbocycles. The van der Waals surface area contributed by atoms with Crippen molar-refractivity contribution in [2.75, 3.05) is 47.8 Å². The van der Waals surface area contributed by atoms with E-state index >= 15 is 0 Å². The molecule has 0 saturated carbocycles. The Labute approximate surface area is 192 Å². The van der Waals surface area contributed by atoms with Gasteiger partial charge in [-0.3, -0.25) is 4.72 Å². The molecule has 10 heteroatoms. The summed E-state index contributed by atoms with van der Waals surface area (Å²) in [5, 5.41) is 9.79. The Hall–Kier alpha value is -3.79. The first-order chi connectivity index (χ1) is 15.9. The van der Waals surface area contributed by atoms with Crippen molar-refractivity contribution >= 4 is 33.2 Å². The highest BCUT2D eigenvalue weighted by Gasteiger charge is 2.23. The second kappa shape index (κ2) is 9.37. The van der Waals surface area contributed by atoms with Gasteiger partial charge < -0.3 is 19.6 Å². The average Bonchev–Trinajstić information content (AvgIpc) is 2.84. The number of rotatable bonds is 7. The van der Waals surface area contributed by atoms with Crippen molar-refractivity contribution < 1.29 is 23.1 Å². The van der Waals surface area contributed by atoms with E-state index in [2.05, 4.69) is 14.6 Å². The number of hydrogen-bond acceptors (Lipinski definition) is 7. The van der Waals surface area contributed by atoms with E-state index in [9.17, 15) is 18.3 Å². The van der Waals surface area contributed by atoms with Gasteiger partial charge in [-0.15, -0.1) is 0 Å². The lowest BCUT2D eigenvalue weighted by Crippen LogP contribution is -2.47. The minimum Gasteiger partial charge on any atom is -0.497 e. The molecule has 1 fully saturated rings. The molecule has 0 spiro atoms. The topological polar surface area (TPSA) is 112 Å². The Morgan fingerprint density at radius 1 is 1.00 bits per heavy atom. The van der Waals surface area contributed by atoms with E-state index in [-0.39, 0.29) is 16.1 Å². The number of aromatic carboxylic acids is 1. The summed E-state index contributed by atoms with van der Waals surface area (Å²) >= 11 is 0. The van der Waals surface area contributed by atoms with Crippen LogP contribution < -0.4 is 19.3 Å². The van der Waals surface area contributed by atoms with E-state index in [4.69, 9.17) is 4.74 Å². The minimum absolute atomic E-state index is 0.0382. The fraction of sp³-hybridized carbons (Fsp3) is 0.217. The van der Waals surface area contributed by atoms with Crippen LogP contribution in [0.3, 0.4) is 0 Å². The molecule has 1 saturated heterocycles. The molecule has 0 atom stereocenters. The van der Waals surface area contributed by atoms with Crippen molar-refractivity contribution in [1.29, 1.82) is 0 Å². The van der Waals surface area contributed by atoms with Gasteiger partial charge in [0.15, 0.2) is 0 Å². The summed E-state index contributed by atoms with van der Waals surface area (Å²) < 4.78 is 32.9. The van der Waals surface area contributed by atoms with Crippen LogP contribution in [0.5, 0.6) is 5.75 Å². The molecule has 2 heterocycles. The summed E-state index contributed by atoms with van der Waals surface area (Å²) in [6.07, 6.45) is 1.75. The van der Waals surface area contributed by atoms with Gasteiger partial charge in [0.1, 0.15) is 11.6 Å². The Bertz CT molecular complexity index is 1230. The normalized spacial score (nSPS) is 14.1. The number of nitrogens with zero attached hydrogens (tertiary/aromatic N) is 3. The third kappa shape index (κ3) is 5.01. The zero-order valence-electron chi connectivity index (χ0n) is 18.0. The van der Waals surface area contributed by atoms with Gasteiger partial charge in [0.2, 0.25) is 0 Å². The molecule has 0 unspecified atom stereocenters. The van der Waals surface area contributed by atoms with E-state index < -0.39 is 16.0 Å². The van der Waals surface area contributed by atoms with Gasteiger partial charge >= 0.3 is 5.97 Å². The fourth-order valence-electron chi connectivity index (χ4n) is 3.73. The third-order valence-electron chi connectivity index (χ3n) is 5.44. The number of hydrogen-bond donors (Lipinski definition) is 2. The van der Waals surface area contributed by atoms with Gasteiger partial charge in [-0.25, -0.2) is 18.2 Å². The van der Waals surface area contributed by atoms with Gasteiger partial charge in [-0.05, 0) is 54.6 Å². The van der Waals surface area contributed by atoms with Gasteiger partial charge in [0.05, 0.1) is 23.3 Å². The second-order valence-electron chi connectivity index (χ2n) is 7.48. The highest BCUT2D eigenvalue weighted by Crippen LogP contribution is 2.28. The van der Waals surface area contributed by atoms with Crippen LogP contribution in [-0.4, -0.2) is 57.8 Å². The molecule has 0 radical (unpaired) electrons. The highest BCUT2D eigenvalue weighted by atomic mass is 32.2. The molecule has 0 aliphatic carbocycles. The van der Waals surface area contributed by atoms with Crippen LogP contribution in [0.15, 0.2) is 71.8 Å². The van der Waals surface area contributed by atoms with Crippen molar-refractivity contribution in [3.8, 4) is 5.75 Å². The van der Waals surface area contributed by atoms with Crippen LogP contribution in [0.1, 0.15) is 10.4 Å². The predicted molar refractivity (Wildman–Crippen MR) is 126 cm³/mol. The number of methoxy groups -OCH3 is 1. The molecule has 0 amide bonds. The molecule has 33 heavy (non-hydrogen) atoms. The number of nitrogens with one attached hydrogen (secondary N) is 1. The van der Waals surface area contributed by atoms with Crippen LogP contribution in [0.25, 0.3) is 0 Å². The molecule has 3 aromatic rings. The maximum absolute atomic E-state index is 12.7. The second-order valence-corrected chi connectivity index (χ2v) is 9.16. The highest BCUT2D eigenvalue weighted by molar-refractivity contribution is 7.92. The van der Waals surface area contributed by atoms with Crippen LogP contribution in [0, 0.1) is 0 Å². The molecule has 172 valence electrons. The summed E-state index contributed by atoms with van der Waals surface area (Å²) in [5.41, 5.74) is 0.769. The predicted octanol–water partition coefficient (Wildman–Crippen LogP) is 2.92. The number of anilines is 3. The van der Waals surface area contributed by atoms with Crippen LogP contribution in [0.4, 0.5) is 17.2 Å². The smallest absolute Gasteiger partial charge is 0.337 e. The first-order valence-corrected chi connectivity index (χ1v) is 11.8. The lowest BCUT2D eigenvalue weighted by atomic mass is 10.1. The molecule has 2 N–H and O–H groups in total. The number of piperazine rings is 1. The minimum atomic E-state index is -3.88. The summed E-state index contributed by atoms with van der Waals surface area (Å²) in [7, 11) is -2.39. The van der Waals surface area contributed by atoms with Crippen molar-refractivity contribution in [3.05, 3.63) is 72.4 Å². The van der Waals surface area contributed by atoms with Crippen LogP contribution >= 0.6 is 0 Å². The summed E-state index contributed by atoms with van der Waals surface area (Å²) in [4.78, 5) is 20.5. The monoisotopic (exact) mass is 468 g/mol. The van der Waals surface area contributed by atoms with E-state index in [1.165, 1.54) is 25.3 Å². The molecular weight excluding hydrogens is 444 g/mol. The molecule has 1 aliphatic rings. The van der Waals surface area contributed by atoms with E-state index in [1.54, 1.807) is 30.5 Å². The van der Waals surface area contributed by atoms with Crippen molar-refractivity contribution in [3.63, 3.8) is 0 Å². The molecule has 0 bridgehead atoms. The summed E-state index contributed by atoms with van der Waals surface area (Å²) in [5.74, 6) is 0.302. The lowest BCUT2D eigenvalue weighted by Gasteiger charge is -2.37. The molecule has 9 nitrogen and oxygen atoms in total. The van der Waals surface area contributed by atoms with E-state index in [0.29, 0.717) is 37.6 Å². The first kappa shape index (κ1) is 22.4. The lowest BCUT2D eigenvalue weighted by molar-refractivity contribution is 0.0697. The first-order valence-electron chi connectivity index (χ1n) is 10.3. The average molecular weight is 469 g/mol. The number of carboxylic acid groups (broad SMARTS) is 1. The van der Waals surface area contributed by atoms with Crippen LogP contribution in [0.2, 0.25) is 0 Å². The quantitative estimate of drug-likeness (QED) is 0.544. The zero-order valence-corrected chi connectivity index (χ0v) is 18.8. The van der Waals surface area contributed by atoms with E-state index in [0.717, 1.165) is 5.82 Å². The Balaban J connectivity index is 1.51. The van der Waals surface area contributed by atoms with E-state index in [1.807, 2.05) is 23.1 Å². The third-order valence-corrected chi connectivity index (χ3v) is 6.84. The standard InChI is InChI=1S/C23H24N4O5S/c1-32-18-6-8-19(9-7-18)33(30,31)25-17-5-10-21(20(16-17)23(28)29)26-12-14-27(15-13-26)22-4-2-3-11-24-22/h2-11,16,25H,12-15H2,1H3,(H,28,29). The van der Waals surface area contributed by atoms with Crippen molar-refractivity contribution in [2.24, 2.45) is 0 Å². The van der Waals surface area contributed by atoms with Crippen molar-refractivity contribution in [2.45, 2.75) is 4.90 Å². The van der Waals surface area contributed by atoms with Gasteiger partial charge in [0, 0.05) is 38.1 Å². The van der Waals surface area contributed by atoms with Gasteiger partial charge in [0.25, 0.3) is 10.0 Å². The maximum Gasteiger partial charge on any atom is 0.337 e. The molecule has 1 aliphatic heterocycles. The SMILES string of the molecule is COc1ccc(S(=O)(=O)Nc2ccc(N3CCN(c4ccccn4)CC3)c(C(=O)O)c2)cc1. The van der Waals surface area contributed by atoms with Gasteiger partial charge in [-0.2, -0.15) is 0 Å². The number of ether oxygens (including phenoxy) is 1. The maximum atomic E-state index is 12.7.